The predicted molar refractivity (Wildman–Crippen MR) is 80.7 cm³/mol. The number of hydrogen-bond acceptors (Lipinski definition) is 4. The number of nitro groups is 1. The van der Waals surface area contributed by atoms with Crippen LogP contribution in [0, 0.1) is 22.9 Å². The van der Waals surface area contributed by atoms with Crippen molar-refractivity contribution in [2.75, 3.05) is 11.9 Å². The van der Waals surface area contributed by atoms with Crippen LogP contribution in [0.15, 0.2) is 36.4 Å². The standard InChI is InChI=1S/C15H13FN2O5/c1-9-7-10(16)3-6-14(9)23-11-4-5-12(18(21)22)13(8-11)17(2)15(19)20/h3-8H,1-2H3,(H,19,20). The second-order valence-electron chi connectivity index (χ2n) is 4.76. The highest BCUT2D eigenvalue weighted by atomic mass is 19.1. The molecule has 2 aromatic carbocycles. The summed E-state index contributed by atoms with van der Waals surface area (Å²) in [7, 11) is 1.19. The summed E-state index contributed by atoms with van der Waals surface area (Å²) in [5.74, 6) is 0.155. The van der Waals surface area contributed by atoms with Gasteiger partial charge in [-0.05, 0) is 36.8 Å². The summed E-state index contributed by atoms with van der Waals surface area (Å²) in [5, 5.41) is 20.0. The number of ether oxygens (including phenoxy) is 1. The van der Waals surface area contributed by atoms with Gasteiger partial charge in [-0.25, -0.2) is 9.18 Å². The van der Waals surface area contributed by atoms with Crippen LogP contribution < -0.4 is 9.64 Å². The molecule has 2 rings (SSSR count). The molecule has 23 heavy (non-hydrogen) atoms. The molecule has 0 spiro atoms. The van der Waals surface area contributed by atoms with Crippen LogP contribution in [-0.4, -0.2) is 23.2 Å². The minimum atomic E-state index is -1.34. The lowest BCUT2D eigenvalue weighted by atomic mass is 10.2. The summed E-state index contributed by atoms with van der Waals surface area (Å²) < 4.78 is 18.6. The van der Waals surface area contributed by atoms with E-state index in [1.54, 1.807) is 6.92 Å². The predicted octanol–water partition coefficient (Wildman–Crippen LogP) is 3.95. The number of hydrogen-bond donors (Lipinski definition) is 1. The van der Waals surface area contributed by atoms with E-state index in [-0.39, 0.29) is 17.1 Å². The van der Waals surface area contributed by atoms with Crippen molar-refractivity contribution in [3.05, 3.63) is 57.9 Å². The first-order valence-corrected chi connectivity index (χ1v) is 6.48. The molecule has 0 bridgehead atoms. The van der Waals surface area contributed by atoms with E-state index in [0.29, 0.717) is 11.3 Å². The van der Waals surface area contributed by atoms with Crippen molar-refractivity contribution in [3.8, 4) is 11.5 Å². The maximum Gasteiger partial charge on any atom is 0.411 e. The van der Waals surface area contributed by atoms with Crippen molar-refractivity contribution in [2.45, 2.75) is 6.92 Å². The van der Waals surface area contributed by atoms with Gasteiger partial charge in [-0.2, -0.15) is 0 Å². The average molecular weight is 320 g/mol. The quantitative estimate of drug-likeness (QED) is 0.680. The zero-order chi connectivity index (χ0) is 17.1. The summed E-state index contributed by atoms with van der Waals surface area (Å²) in [4.78, 5) is 22.1. The van der Waals surface area contributed by atoms with Gasteiger partial charge in [-0.1, -0.05) is 0 Å². The van der Waals surface area contributed by atoms with Crippen molar-refractivity contribution in [3.63, 3.8) is 0 Å². The number of nitro benzene ring substituents is 1. The third kappa shape index (κ3) is 3.54. The van der Waals surface area contributed by atoms with Gasteiger partial charge in [0.15, 0.2) is 0 Å². The minimum Gasteiger partial charge on any atom is -0.465 e. The fourth-order valence-electron chi connectivity index (χ4n) is 1.95. The second kappa shape index (κ2) is 6.30. The van der Waals surface area contributed by atoms with Gasteiger partial charge in [0.1, 0.15) is 23.0 Å². The molecule has 0 aliphatic carbocycles. The van der Waals surface area contributed by atoms with Crippen LogP contribution in [0.4, 0.5) is 20.6 Å². The number of nitrogens with zero attached hydrogens (tertiary/aromatic N) is 2. The van der Waals surface area contributed by atoms with Gasteiger partial charge < -0.3 is 9.84 Å². The van der Waals surface area contributed by atoms with Crippen LogP contribution in [0.1, 0.15) is 5.56 Å². The molecular formula is C15H13FN2O5. The Labute approximate surface area is 130 Å². The molecule has 0 atom stereocenters. The molecule has 8 heteroatoms. The van der Waals surface area contributed by atoms with Crippen molar-refractivity contribution in [1.82, 2.24) is 0 Å². The molecule has 120 valence electrons. The van der Waals surface area contributed by atoms with E-state index in [1.165, 1.54) is 37.4 Å². The molecule has 1 amide bonds. The Morgan fingerprint density at radius 3 is 2.57 bits per heavy atom. The van der Waals surface area contributed by atoms with E-state index in [4.69, 9.17) is 9.84 Å². The monoisotopic (exact) mass is 320 g/mol. The number of amides is 1. The largest absolute Gasteiger partial charge is 0.465 e. The summed E-state index contributed by atoms with van der Waals surface area (Å²) in [6, 6.07) is 7.67. The van der Waals surface area contributed by atoms with Crippen LogP contribution in [0.3, 0.4) is 0 Å². The number of rotatable bonds is 4. The van der Waals surface area contributed by atoms with Crippen LogP contribution in [0.5, 0.6) is 11.5 Å². The Balaban J connectivity index is 2.42. The summed E-state index contributed by atoms with van der Waals surface area (Å²) in [5.41, 5.74) is 0.0503. The first-order valence-electron chi connectivity index (χ1n) is 6.48. The normalized spacial score (nSPS) is 10.2. The third-order valence-corrected chi connectivity index (χ3v) is 3.16. The third-order valence-electron chi connectivity index (χ3n) is 3.16. The van der Waals surface area contributed by atoms with Gasteiger partial charge in [-0.3, -0.25) is 15.0 Å². The molecule has 7 nitrogen and oxygen atoms in total. The van der Waals surface area contributed by atoms with Gasteiger partial charge in [0.2, 0.25) is 0 Å². The molecule has 1 N–H and O–H groups in total. The number of carboxylic acid groups (broad SMARTS) is 1. The van der Waals surface area contributed by atoms with Crippen molar-refractivity contribution in [1.29, 1.82) is 0 Å². The van der Waals surface area contributed by atoms with Crippen molar-refractivity contribution < 1.29 is 24.0 Å². The highest BCUT2D eigenvalue weighted by Gasteiger charge is 2.22. The Bertz CT molecular complexity index is 778. The first kappa shape index (κ1) is 16.2. The Morgan fingerprint density at radius 2 is 2.00 bits per heavy atom. The van der Waals surface area contributed by atoms with E-state index in [9.17, 15) is 19.3 Å². The summed E-state index contributed by atoms with van der Waals surface area (Å²) >= 11 is 0. The van der Waals surface area contributed by atoms with Gasteiger partial charge >= 0.3 is 6.09 Å². The number of halogens is 1. The zero-order valence-electron chi connectivity index (χ0n) is 12.3. The van der Waals surface area contributed by atoms with E-state index in [0.717, 1.165) is 11.0 Å². The number of carbonyl (C=O) groups is 1. The number of anilines is 1. The highest BCUT2D eigenvalue weighted by Crippen LogP contribution is 2.34. The lowest BCUT2D eigenvalue weighted by molar-refractivity contribution is -0.384. The van der Waals surface area contributed by atoms with Gasteiger partial charge in [0.25, 0.3) is 5.69 Å². The second-order valence-corrected chi connectivity index (χ2v) is 4.76. The Kier molecular flexibility index (Phi) is 4.44. The van der Waals surface area contributed by atoms with Crippen LogP contribution in [0.25, 0.3) is 0 Å². The van der Waals surface area contributed by atoms with Crippen LogP contribution >= 0.6 is 0 Å². The average Bonchev–Trinajstić information content (AvgIpc) is 2.49. The molecule has 0 saturated carbocycles. The molecular weight excluding hydrogens is 307 g/mol. The molecule has 0 saturated heterocycles. The van der Waals surface area contributed by atoms with Crippen LogP contribution in [0.2, 0.25) is 0 Å². The highest BCUT2D eigenvalue weighted by molar-refractivity contribution is 5.89. The van der Waals surface area contributed by atoms with E-state index >= 15 is 0 Å². The number of aryl methyl sites for hydroxylation is 1. The molecule has 0 aliphatic heterocycles. The molecule has 0 aliphatic rings. The van der Waals surface area contributed by atoms with E-state index in [1.807, 2.05) is 0 Å². The lowest BCUT2D eigenvalue weighted by Gasteiger charge is -2.15. The van der Waals surface area contributed by atoms with E-state index < -0.39 is 16.8 Å². The summed E-state index contributed by atoms with van der Waals surface area (Å²) in [6.45, 7) is 1.65. The smallest absolute Gasteiger partial charge is 0.411 e. The minimum absolute atomic E-state index is 0.125. The topological polar surface area (TPSA) is 92.9 Å². The van der Waals surface area contributed by atoms with Gasteiger partial charge in [-0.15, -0.1) is 0 Å². The molecule has 0 aromatic heterocycles. The Morgan fingerprint density at radius 1 is 1.30 bits per heavy atom. The van der Waals surface area contributed by atoms with Crippen LogP contribution in [-0.2, 0) is 0 Å². The fourth-order valence-corrected chi connectivity index (χ4v) is 1.95. The summed E-state index contributed by atoms with van der Waals surface area (Å²) in [6.07, 6.45) is -1.34. The molecule has 0 radical (unpaired) electrons. The number of benzene rings is 2. The maximum absolute atomic E-state index is 13.1. The zero-order valence-corrected chi connectivity index (χ0v) is 12.3. The molecule has 0 unspecified atom stereocenters. The molecule has 2 aromatic rings. The van der Waals surface area contributed by atoms with Gasteiger partial charge in [0, 0.05) is 19.2 Å². The van der Waals surface area contributed by atoms with E-state index in [2.05, 4.69) is 0 Å². The van der Waals surface area contributed by atoms with Crippen molar-refractivity contribution in [2.24, 2.45) is 0 Å². The molecule has 0 fully saturated rings. The van der Waals surface area contributed by atoms with Gasteiger partial charge in [0.05, 0.1) is 4.92 Å². The SMILES string of the molecule is Cc1cc(F)ccc1Oc1ccc([N+](=O)[O-])c(N(C)C(=O)O)c1. The lowest BCUT2D eigenvalue weighted by Crippen LogP contribution is -2.24. The first-order chi connectivity index (χ1) is 10.8. The van der Waals surface area contributed by atoms with Crippen molar-refractivity contribution >= 4 is 17.5 Å². The Hall–Kier alpha value is -3.16. The molecule has 0 heterocycles. The maximum atomic E-state index is 13.1. The fraction of sp³-hybridized carbons (Fsp3) is 0.133.